The number of amides is 1. The van der Waals surface area contributed by atoms with Crippen molar-refractivity contribution in [2.75, 3.05) is 22.9 Å². The molecule has 3 aromatic carbocycles. The van der Waals surface area contributed by atoms with Crippen molar-refractivity contribution in [2.45, 2.75) is 24.3 Å². The number of carbonyl (C=O) groups excluding carboxylic acids is 1. The maximum atomic E-state index is 14.1. The molecule has 0 aliphatic carbocycles. The van der Waals surface area contributed by atoms with E-state index in [9.17, 15) is 13.6 Å². The lowest BCUT2D eigenvalue weighted by Crippen LogP contribution is -2.55. The molecule has 2 N–H and O–H groups in total. The first-order valence-electron chi connectivity index (χ1n) is 10.6. The number of halogens is 2. The molecule has 0 spiro atoms. The van der Waals surface area contributed by atoms with Crippen LogP contribution in [-0.4, -0.2) is 25.0 Å². The van der Waals surface area contributed by atoms with Gasteiger partial charge in [0.2, 0.25) is 5.91 Å². The van der Waals surface area contributed by atoms with Crippen LogP contribution in [0.5, 0.6) is 0 Å². The Bertz CT molecular complexity index is 1180. The molecule has 0 radical (unpaired) electrons. The Balaban J connectivity index is 1.28. The second-order valence-corrected chi connectivity index (χ2v) is 9.09. The van der Waals surface area contributed by atoms with Crippen molar-refractivity contribution < 1.29 is 13.6 Å². The predicted molar refractivity (Wildman–Crippen MR) is 125 cm³/mol. The molecular weight excluding hydrogens is 428 g/mol. The van der Waals surface area contributed by atoms with Gasteiger partial charge in [0.05, 0.1) is 10.8 Å². The van der Waals surface area contributed by atoms with Gasteiger partial charge < -0.3 is 9.80 Å². The van der Waals surface area contributed by atoms with Crippen LogP contribution in [0.4, 0.5) is 20.2 Å². The maximum absolute atomic E-state index is 14.1. The van der Waals surface area contributed by atoms with E-state index >= 15 is 0 Å². The van der Waals surface area contributed by atoms with Gasteiger partial charge in [0, 0.05) is 36.1 Å². The van der Waals surface area contributed by atoms with E-state index in [2.05, 4.69) is 4.90 Å². The highest BCUT2D eigenvalue weighted by Crippen LogP contribution is 2.38. The minimum Gasteiger partial charge on any atom is -0.370 e. The zero-order valence-corrected chi connectivity index (χ0v) is 18.4. The van der Waals surface area contributed by atoms with Crippen LogP contribution in [0, 0.1) is 17.6 Å². The van der Waals surface area contributed by atoms with Gasteiger partial charge in [-0.2, -0.15) is 0 Å². The van der Waals surface area contributed by atoms with Crippen molar-refractivity contribution in [2.24, 2.45) is 11.1 Å². The quantitative estimate of drug-likeness (QED) is 0.567. The molecule has 0 bridgehead atoms. The maximum Gasteiger partial charge on any atom is 0.233 e. The van der Waals surface area contributed by atoms with Gasteiger partial charge >= 0.3 is 0 Å². The Morgan fingerprint density at radius 2 is 1.75 bits per heavy atom. The normalized spacial score (nSPS) is 17.9. The molecule has 7 heteroatoms. The summed E-state index contributed by atoms with van der Waals surface area (Å²) < 4.78 is 28.1. The van der Waals surface area contributed by atoms with Crippen molar-refractivity contribution in [1.82, 2.24) is 0 Å². The number of hydrogen-bond donors (Lipinski definition) is 1. The summed E-state index contributed by atoms with van der Waals surface area (Å²) in [6.07, 6.45) is 0.640. The van der Waals surface area contributed by atoms with E-state index in [0.717, 1.165) is 34.4 Å². The number of nitrogens with zero attached hydrogens (tertiary/aromatic N) is 2. The number of benzene rings is 3. The lowest BCUT2D eigenvalue weighted by molar-refractivity contribution is -0.123. The van der Waals surface area contributed by atoms with Crippen molar-refractivity contribution in [1.29, 1.82) is 0 Å². The van der Waals surface area contributed by atoms with Crippen LogP contribution in [-0.2, 0) is 11.2 Å². The Kier molecular flexibility index (Phi) is 5.39. The summed E-state index contributed by atoms with van der Waals surface area (Å²) in [6, 6.07) is 17.6. The summed E-state index contributed by atoms with van der Waals surface area (Å²) in [5.41, 5.74) is 4.02. The van der Waals surface area contributed by atoms with E-state index in [1.807, 2.05) is 37.3 Å². The van der Waals surface area contributed by atoms with Gasteiger partial charge in [0.15, 0.2) is 0 Å². The molecule has 32 heavy (non-hydrogen) atoms. The van der Waals surface area contributed by atoms with Crippen molar-refractivity contribution in [3.8, 4) is 11.1 Å². The number of anilines is 2. The predicted octanol–water partition coefficient (Wildman–Crippen LogP) is 5.01. The fraction of sp³-hybridized carbons (Fsp3) is 0.240. The molecule has 2 aliphatic rings. The van der Waals surface area contributed by atoms with Crippen molar-refractivity contribution in [3.63, 3.8) is 0 Å². The van der Waals surface area contributed by atoms with E-state index in [1.165, 1.54) is 12.1 Å². The Morgan fingerprint density at radius 3 is 2.44 bits per heavy atom. The second kappa shape index (κ2) is 8.22. The van der Waals surface area contributed by atoms with E-state index in [1.54, 1.807) is 23.1 Å². The Labute approximate surface area is 190 Å². The minimum atomic E-state index is -0.341. The summed E-state index contributed by atoms with van der Waals surface area (Å²) in [6.45, 7) is 3.23. The molecule has 1 atom stereocenters. The zero-order valence-electron chi connectivity index (χ0n) is 17.6. The standard InChI is InChI=1S/C25H23F2N3OS/c1-15-10-17-11-22(27)24(32-28)12-23(17)30(15)25(31)18-13-29(14-18)19-8-6-16(7-9-19)20-4-2-3-5-21(20)26/h2-9,11-12,15,18H,10,13-14,28H2,1H3. The molecule has 3 aromatic rings. The fourth-order valence-electron chi connectivity index (χ4n) is 4.63. The topological polar surface area (TPSA) is 49.6 Å². The average molecular weight is 452 g/mol. The minimum absolute atomic E-state index is 0.0102. The third-order valence-corrected chi connectivity index (χ3v) is 6.93. The van der Waals surface area contributed by atoms with Gasteiger partial charge in [-0.05, 0) is 66.8 Å². The van der Waals surface area contributed by atoms with Crippen molar-refractivity contribution in [3.05, 3.63) is 77.9 Å². The summed E-state index contributed by atoms with van der Waals surface area (Å²) in [4.78, 5) is 17.6. The molecule has 0 aromatic heterocycles. The van der Waals surface area contributed by atoms with Crippen molar-refractivity contribution >= 4 is 29.2 Å². The summed E-state index contributed by atoms with van der Waals surface area (Å²) in [5.74, 6) is -0.638. The largest absolute Gasteiger partial charge is 0.370 e. The van der Waals surface area contributed by atoms with E-state index in [4.69, 9.17) is 5.14 Å². The first-order chi connectivity index (χ1) is 15.5. The van der Waals surface area contributed by atoms with Gasteiger partial charge in [0.1, 0.15) is 11.6 Å². The second-order valence-electron chi connectivity index (χ2n) is 8.42. The Morgan fingerprint density at radius 1 is 1.03 bits per heavy atom. The van der Waals surface area contributed by atoms with E-state index in [0.29, 0.717) is 30.0 Å². The highest BCUT2D eigenvalue weighted by atomic mass is 32.2. The SMILES string of the molecule is CC1Cc2cc(F)c(SN)cc2N1C(=O)C1CN(c2ccc(-c3ccccc3F)cc2)C1. The molecule has 0 saturated carbocycles. The van der Waals surface area contributed by atoms with Gasteiger partial charge in [-0.15, -0.1) is 0 Å². The molecular formula is C25H23F2N3OS. The monoisotopic (exact) mass is 451 g/mol. The zero-order chi connectivity index (χ0) is 22.4. The van der Waals surface area contributed by atoms with E-state index < -0.39 is 0 Å². The number of carbonyl (C=O) groups is 1. The summed E-state index contributed by atoms with van der Waals surface area (Å²) in [7, 11) is 0. The molecule has 1 unspecified atom stereocenters. The summed E-state index contributed by atoms with van der Waals surface area (Å²) in [5, 5.41) is 5.58. The van der Waals surface area contributed by atoms with Crippen LogP contribution in [0.15, 0.2) is 65.6 Å². The highest BCUT2D eigenvalue weighted by Gasteiger charge is 2.40. The molecule has 2 heterocycles. The third-order valence-electron chi connectivity index (χ3n) is 6.36. The van der Waals surface area contributed by atoms with Crippen LogP contribution >= 0.6 is 11.9 Å². The van der Waals surface area contributed by atoms with Gasteiger partial charge in [0.25, 0.3) is 0 Å². The van der Waals surface area contributed by atoms with Gasteiger partial charge in [-0.25, -0.2) is 8.78 Å². The first kappa shape index (κ1) is 21.0. The van der Waals surface area contributed by atoms with E-state index in [-0.39, 0.29) is 29.5 Å². The number of fused-ring (bicyclic) bond motifs is 1. The fourth-order valence-corrected chi connectivity index (χ4v) is 4.99. The lowest BCUT2D eigenvalue weighted by atomic mass is 9.96. The van der Waals surface area contributed by atoms with Gasteiger partial charge in [-0.3, -0.25) is 9.93 Å². The lowest BCUT2D eigenvalue weighted by Gasteiger charge is -2.42. The first-order valence-corrected chi connectivity index (χ1v) is 11.5. The smallest absolute Gasteiger partial charge is 0.233 e. The Hall–Kier alpha value is -2.90. The number of rotatable bonds is 4. The third kappa shape index (κ3) is 3.55. The van der Waals surface area contributed by atoms with Crippen LogP contribution < -0.4 is 14.9 Å². The molecule has 5 rings (SSSR count). The van der Waals surface area contributed by atoms with Crippen LogP contribution in [0.2, 0.25) is 0 Å². The summed E-state index contributed by atoms with van der Waals surface area (Å²) >= 11 is 0.858. The molecule has 1 saturated heterocycles. The van der Waals surface area contributed by atoms with Gasteiger partial charge in [-0.1, -0.05) is 30.3 Å². The van der Waals surface area contributed by atoms with Crippen LogP contribution in [0.3, 0.4) is 0 Å². The molecule has 164 valence electrons. The number of nitrogens with two attached hydrogens (primary N) is 1. The molecule has 1 amide bonds. The number of hydrogen-bond acceptors (Lipinski definition) is 4. The average Bonchev–Trinajstić information content (AvgIpc) is 3.07. The highest BCUT2D eigenvalue weighted by molar-refractivity contribution is 7.97. The van der Waals surface area contributed by atoms with Crippen LogP contribution in [0.1, 0.15) is 12.5 Å². The molecule has 2 aliphatic heterocycles. The molecule has 4 nitrogen and oxygen atoms in total. The molecule has 1 fully saturated rings. The van der Waals surface area contributed by atoms with Crippen LogP contribution in [0.25, 0.3) is 11.1 Å².